The third kappa shape index (κ3) is 4.02. The molecule has 1 heterocycles. The average Bonchev–Trinajstić information content (AvgIpc) is 2.45. The van der Waals surface area contributed by atoms with Crippen LogP contribution >= 0.6 is 0 Å². The van der Waals surface area contributed by atoms with E-state index in [0.29, 0.717) is 5.56 Å². The Kier molecular flexibility index (Phi) is 4.52. The maximum atomic E-state index is 13.1. The summed E-state index contributed by atoms with van der Waals surface area (Å²) in [4.78, 5) is 3.67. The number of aliphatic hydroxyl groups is 1. The van der Waals surface area contributed by atoms with E-state index >= 15 is 0 Å². The summed E-state index contributed by atoms with van der Waals surface area (Å²) in [5.41, 5.74) is 0.496. The van der Waals surface area contributed by atoms with Gasteiger partial charge in [0.15, 0.2) is 0 Å². The SMILES string of the molecule is O=S(=O)(Nc1cc(C#CCO)ccn1)c1cccc(F)c1. The van der Waals surface area contributed by atoms with Crippen molar-refractivity contribution in [1.82, 2.24) is 4.98 Å². The summed E-state index contributed by atoms with van der Waals surface area (Å²) < 4.78 is 39.5. The van der Waals surface area contributed by atoms with E-state index in [4.69, 9.17) is 5.11 Å². The number of sulfonamides is 1. The lowest BCUT2D eigenvalue weighted by Gasteiger charge is -2.07. The van der Waals surface area contributed by atoms with Crippen molar-refractivity contribution in [2.45, 2.75) is 4.90 Å². The number of rotatable bonds is 3. The van der Waals surface area contributed by atoms with Crippen LogP contribution in [0.5, 0.6) is 0 Å². The third-order valence-electron chi connectivity index (χ3n) is 2.42. The summed E-state index contributed by atoms with van der Waals surface area (Å²) in [5.74, 6) is 4.49. The maximum Gasteiger partial charge on any atom is 0.263 e. The predicted octanol–water partition coefficient (Wildman–Crippen LogP) is 1.37. The lowest BCUT2D eigenvalue weighted by atomic mass is 10.2. The van der Waals surface area contributed by atoms with E-state index in [-0.39, 0.29) is 17.3 Å². The molecule has 0 fully saturated rings. The molecule has 0 spiro atoms. The van der Waals surface area contributed by atoms with Gasteiger partial charge in [0, 0.05) is 11.8 Å². The van der Waals surface area contributed by atoms with Crippen LogP contribution < -0.4 is 4.72 Å². The topological polar surface area (TPSA) is 79.3 Å². The molecular formula is C14H11FN2O3S. The van der Waals surface area contributed by atoms with Crippen LogP contribution in [-0.2, 0) is 10.0 Å². The molecule has 0 bridgehead atoms. The Labute approximate surface area is 121 Å². The normalized spacial score (nSPS) is 10.6. The molecule has 0 aliphatic rings. The number of pyridine rings is 1. The minimum atomic E-state index is -3.92. The van der Waals surface area contributed by atoms with E-state index in [9.17, 15) is 12.8 Å². The summed E-state index contributed by atoms with van der Waals surface area (Å²) in [5, 5.41) is 8.62. The molecule has 1 aromatic carbocycles. The van der Waals surface area contributed by atoms with E-state index in [1.807, 2.05) is 0 Å². The lowest BCUT2D eigenvalue weighted by Crippen LogP contribution is -2.14. The highest BCUT2D eigenvalue weighted by molar-refractivity contribution is 7.92. The Hall–Kier alpha value is -2.43. The maximum absolute atomic E-state index is 13.1. The largest absolute Gasteiger partial charge is 0.384 e. The van der Waals surface area contributed by atoms with Crippen LogP contribution in [0.1, 0.15) is 5.56 Å². The van der Waals surface area contributed by atoms with Gasteiger partial charge in [0.2, 0.25) is 0 Å². The first-order valence-corrected chi connectivity index (χ1v) is 7.34. The van der Waals surface area contributed by atoms with Gasteiger partial charge in [-0.3, -0.25) is 4.72 Å². The van der Waals surface area contributed by atoms with Gasteiger partial charge in [-0.25, -0.2) is 17.8 Å². The number of hydrogen-bond donors (Lipinski definition) is 2. The molecule has 2 rings (SSSR count). The molecule has 21 heavy (non-hydrogen) atoms. The summed E-state index contributed by atoms with van der Waals surface area (Å²) >= 11 is 0. The van der Waals surface area contributed by atoms with Gasteiger partial charge in [-0.2, -0.15) is 0 Å². The van der Waals surface area contributed by atoms with Crippen LogP contribution in [0.4, 0.5) is 10.2 Å². The fraction of sp³-hybridized carbons (Fsp3) is 0.0714. The first kappa shape index (κ1) is 15.0. The molecule has 2 aromatic rings. The predicted molar refractivity (Wildman–Crippen MR) is 75.4 cm³/mol. The first-order valence-electron chi connectivity index (χ1n) is 5.85. The van der Waals surface area contributed by atoms with Crippen molar-refractivity contribution < 1.29 is 17.9 Å². The van der Waals surface area contributed by atoms with Gasteiger partial charge in [-0.15, -0.1) is 0 Å². The number of anilines is 1. The second-order valence-corrected chi connectivity index (χ2v) is 5.63. The van der Waals surface area contributed by atoms with Crippen molar-refractivity contribution in [1.29, 1.82) is 0 Å². The van der Waals surface area contributed by atoms with Gasteiger partial charge in [-0.1, -0.05) is 17.9 Å². The van der Waals surface area contributed by atoms with Gasteiger partial charge < -0.3 is 5.11 Å². The minimum absolute atomic E-state index is 0.0593. The van der Waals surface area contributed by atoms with Crippen molar-refractivity contribution in [3.05, 3.63) is 54.0 Å². The fourth-order valence-corrected chi connectivity index (χ4v) is 2.57. The van der Waals surface area contributed by atoms with Crippen LogP contribution in [0.3, 0.4) is 0 Å². The molecule has 1 aromatic heterocycles. The number of aromatic nitrogens is 1. The van der Waals surface area contributed by atoms with E-state index in [0.717, 1.165) is 12.1 Å². The van der Waals surface area contributed by atoms with Crippen LogP contribution in [0.25, 0.3) is 0 Å². The number of halogens is 1. The van der Waals surface area contributed by atoms with Crippen LogP contribution in [0.15, 0.2) is 47.5 Å². The Morgan fingerprint density at radius 1 is 1.29 bits per heavy atom. The summed E-state index contributed by atoms with van der Waals surface area (Å²) in [6, 6.07) is 7.64. The van der Waals surface area contributed by atoms with E-state index in [2.05, 4.69) is 21.5 Å². The van der Waals surface area contributed by atoms with Gasteiger partial charge >= 0.3 is 0 Å². The van der Waals surface area contributed by atoms with Gasteiger partial charge in [0.25, 0.3) is 10.0 Å². The second-order valence-electron chi connectivity index (χ2n) is 3.95. The molecule has 7 heteroatoms. The quantitative estimate of drug-likeness (QED) is 0.839. The third-order valence-corrected chi connectivity index (χ3v) is 3.77. The van der Waals surface area contributed by atoms with Crippen molar-refractivity contribution in [2.24, 2.45) is 0 Å². The molecule has 0 aliphatic carbocycles. The summed E-state index contributed by atoms with van der Waals surface area (Å²) in [6.45, 7) is -0.299. The van der Waals surface area contributed by atoms with Crippen molar-refractivity contribution in [3.63, 3.8) is 0 Å². The fourth-order valence-electron chi connectivity index (χ4n) is 1.54. The minimum Gasteiger partial charge on any atom is -0.384 e. The number of hydrogen-bond acceptors (Lipinski definition) is 4. The molecule has 2 N–H and O–H groups in total. The number of benzene rings is 1. The first-order chi connectivity index (χ1) is 10.0. The molecule has 0 atom stereocenters. The summed E-state index contributed by atoms with van der Waals surface area (Å²) in [6.07, 6.45) is 1.38. The molecule has 0 saturated carbocycles. The number of nitrogens with one attached hydrogen (secondary N) is 1. The Morgan fingerprint density at radius 2 is 2.10 bits per heavy atom. The average molecular weight is 306 g/mol. The highest BCUT2D eigenvalue weighted by atomic mass is 32.2. The molecule has 0 radical (unpaired) electrons. The van der Waals surface area contributed by atoms with Crippen molar-refractivity contribution in [3.8, 4) is 11.8 Å². The number of nitrogens with zero attached hydrogens (tertiary/aromatic N) is 1. The molecule has 5 nitrogen and oxygen atoms in total. The second kappa shape index (κ2) is 6.35. The lowest BCUT2D eigenvalue weighted by molar-refractivity contribution is 0.350. The Morgan fingerprint density at radius 3 is 2.81 bits per heavy atom. The zero-order chi connectivity index (χ0) is 15.3. The van der Waals surface area contributed by atoms with E-state index in [1.54, 1.807) is 6.07 Å². The molecule has 0 aliphatic heterocycles. The highest BCUT2D eigenvalue weighted by Crippen LogP contribution is 2.15. The van der Waals surface area contributed by atoms with Crippen molar-refractivity contribution in [2.75, 3.05) is 11.3 Å². The van der Waals surface area contributed by atoms with Gasteiger partial charge in [0.1, 0.15) is 18.2 Å². The molecule has 108 valence electrons. The Balaban J connectivity index is 2.29. The molecule has 0 saturated heterocycles. The van der Waals surface area contributed by atoms with Gasteiger partial charge in [0.05, 0.1) is 4.90 Å². The van der Waals surface area contributed by atoms with E-state index in [1.165, 1.54) is 24.4 Å². The monoisotopic (exact) mass is 306 g/mol. The smallest absolute Gasteiger partial charge is 0.263 e. The van der Waals surface area contributed by atoms with Crippen LogP contribution in [0.2, 0.25) is 0 Å². The molecule has 0 unspecified atom stereocenters. The zero-order valence-electron chi connectivity index (χ0n) is 10.7. The highest BCUT2D eigenvalue weighted by Gasteiger charge is 2.15. The zero-order valence-corrected chi connectivity index (χ0v) is 11.6. The molecule has 0 amide bonds. The van der Waals surface area contributed by atoms with Crippen LogP contribution in [0, 0.1) is 17.7 Å². The molecular weight excluding hydrogens is 295 g/mol. The standard InChI is InChI=1S/C14H11FN2O3S/c15-12-4-1-5-13(10-12)21(19,20)17-14-9-11(3-2-8-18)6-7-16-14/h1,4-7,9-10,18H,8H2,(H,16,17). The number of aliphatic hydroxyl groups excluding tert-OH is 1. The van der Waals surface area contributed by atoms with Crippen LogP contribution in [-0.4, -0.2) is 25.1 Å². The summed E-state index contributed by atoms with van der Waals surface area (Å²) in [7, 11) is -3.92. The van der Waals surface area contributed by atoms with Gasteiger partial charge in [-0.05, 0) is 30.3 Å². The van der Waals surface area contributed by atoms with E-state index < -0.39 is 15.8 Å². The Bertz CT molecular complexity index is 810. The van der Waals surface area contributed by atoms with Crippen molar-refractivity contribution >= 4 is 15.8 Å².